The van der Waals surface area contributed by atoms with E-state index in [0.29, 0.717) is 17.5 Å². The van der Waals surface area contributed by atoms with Gasteiger partial charge in [0.25, 0.3) is 15.9 Å². The topological polar surface area (TPSA) is 101 Å². The van der Waals surface area contributed by atoms with Crippen LogP contribution in [0.2, 0.25) is 0 Å². The number of pyridine rings is 2. The first kappa shape index (κ1) is 26.6. The third kappa shape index (κ3) is 5.46. The Morgan fingerprint density at radius 2 is 1.81 bits per heavy atom. The van der Waals surface area contributed by atoms with Crippen molar-refractivity contribution in [3.63, 3.8) is 0 Å². The molecule has 1 aliphatic heterocycles. The second kappa shape index (κ2) is 9.78. The van der Waals surface area contributed by atoms with E-state index in [0.717, 1.165) is 18.5 Å². The zero-order chi connectivity index (χ0) is 27.0. The lowest BCUT2D eigenvalue weighted by Crippen LogP contribution is -2.43. The molecule has 0 radical (unpaired) electrons. The lowest BCUT2D eigenvalue weighted by Gasteiger charge is -2.36. The Morgan fingerprint density at radius 3 is 2.49 bits per heavy atom. The SMILES string of the molecule is CC1CCN(c2ncccc2C(=O)NS(=O)(=O)c2cccc(Oc3ccccc3C(C)(C)C)n2)C1(C)C. The van der Waals surface area contributed by atoms with Gasteiger partial charge in [0.15, 0.2) is 5.03 Å². The van der Waals surface area contributed by atoms with Crippen molar-refractivity contribution in [3.05, 3.63) is 71.9 Å². The monoisotopic (exact) mass is 522 g/mol. The second-order valence-electron chi connectivity index (χ2n) is 11.0. The molecule has 37 heavy (non-hydrogen) atoms. The van der Waals surface area contributed by atoms with E-state index < -0.39 is 15.9 Å². The number of nitrogens with zero attached hydrogens (tertiary/aromatic N) is 3. The predicted molar refractivity (Wildman–Crippen MR) is 144 cm³/mol. The van der Waals surface area contributed by atoms with E-state index in [2.05, 4.69) is 61.1 Å². The molecule has 1 atom stereocenters. The molecule has 196 valence electrons. The van der Waals surface area contributed by atoms with Crippen LogP contribution in [0.5, 0.6) is 11.6 Å². The highest BCUT2D eigenvalue weighted by Crippen LogP contribution is 2.38. The number of carbonyl (C=O) groups excluding carboxylic acids is 1. The minimum Gasteiger partial charge on any atom is -0.439 e. The van der Waals surface area contributed by atoms with Gasteiger partial charge < -0.3 is 9.64 Å². The van der Waals surface area contributed by atoms with Gasteiger partial charge in [-0.15, -0.1) is 0 Å². The first-order valence-electron chi connectivity index (χ1n) is 12.3. The van der Waals surface area contributed by atoms with Gasteiger partial charge in [-0.2, -0.15) is 13.4 Å². The van der Waals surface area contributed by atoms with Gasteiger partial charge in [0, 0.05) is 29.9 Å². The molecule has 0 bridgehead atoms. The van der Waals surface area contributed by atoms with Crippen LogP contribution in [0.15, 0.2) is 65.8 Å². The Hall–Kier alpha value is -3.46. The summed E-state index contributed by atoms with van der Waals surface area (Å²) in [6, 6.07) is 15.2. The van der Waals surface area contributed by atoms with Crippen LogP contribution in [0.4, 0.5) is 5.82 Å². The number of sulfonamides is 1. The summed E-state index contributed by atoms with van der Waals surface area (Å²) in [6.45, 7) is 13.3. The van der Waals surface area contributed by atoms with E-state index in [1.807, 2.05) is 24.3 Å². The Bertz CT molecular complexity index is 1410. The highest BCUT2D eigenvalue weighted by molar-refractivity contribution is 7.90. The van der Waals surface area contributed by atoms with Crippen LogP contribution in [0.25, 0.3) is 0 Å². The van der Waals surface area contributed by atoms with Gasteiger partial charge in [-0.1, -0.05) is 52.0 Å². The molecule has 1 aliphatic rings. The fourth-order valence-corrected chi connectivity index (χ4v) is 5.44. The summed E-state index contributed by atoms with van der Waals surface area (Å²) in [7, 11) is -4.28. The summed E-state index contributed by atoms with van der Waals surface area (Å²) >= 11 is 0. The summed E-state index contributed by atoms with van der Waals surface area (Å²) in [5.41, 5.74) is 0.748. The molecule has 1 N–H and O–H groups in total. The number of hydrogen-bond acceptors (Lipinski definition) is 7. The number of aromatic nitrogens is 2. The highest BCUT2D eigenvalue weighted by Gasteiger charge is 2.40. The van der Waals surface area contributed by atoms with E-state index in [4.69, 9.17) is 4.74 Å². The van der Waals surface area contributed by atoms with Crippen LogP contribution in [0, 0.1) is 5.92 Å². The van der Waals surface area contributed by atoms with E-state index in [1.54, 1.807) is 24.4 Å². The van der Waals surface area contributed by atoms with Crippen molar-refractivity contribution in [2.75, 3.05) is 11.4 Å². The predicted octanol–water partition coefficient (Wildman–Crippen LogP) is 5.31. The maximum absolute atomic E-state index is 13.2. The fourth-order valence-electron chi connectivity index (χ4n) is 4.52. The molecule has 2 aromatic heterocycles. The van der Waals surface area contributed by atoms with Crippen molar-refractivity contribution in [1.29, 1.82) is 0 Å². The Morgan fingerprint density at radius 1 is 1.08 bits per heavy atom. The quantitative estimate of drug-likeness (QED) is 0.468. The lowest BCUT2D eigenvalue weighted by molar-refractivity contribution is 0.0981. The molecule has 4 rings (SSSR count). The number of para-hydroxylation sites is 1. The molecule has 1 aromatic carbocycles. The second-order valence-corrected chi connectivity index (χ2v) is 12.6. The van der Waals surface area contributed by atoms with Crippen LogP contribution in [0.1, 0.15) is 63.9 Å². The van der Waals surface area contributed by atoms with Gasteiger partial charge in [-0.05, 0) is 55.9 Å². The number of anilines is 1. The Balaban J connectivity index is 1.59. The maximum Gasteiger partial charge on any atom is 0.281 e. The third-order valence-corrected chi connectivity index (χ3v) is 8.32. The number of benzene rings is 1. The average Bonchev–Trinajstić information content (AvgIpc) is 3.10. The smallest absolute Gasteiger partial charge is 0.281 e. The normalized spacial score (nSPS) is 17.5. The standard InChI is InChI=1S/C28H34N4O4S/c1-19-16-18-32(28(19,5)6)25-20(11-10-17-29-25)26(33)31-37(34,35)24-15-9-14-23(30-24)36-22-13-8-7-12-21(22)27(2,3)4/h7-15,17,19H,16,18H2,1-6H3,(H,31,33). The van der Waals surface area contributed by atoms with Crippen LogP contribution in [0.3, 0.4) is 0 Å². The molecular weight excluding hydrogens is 488 g/mol. The number of hydrogen-bond donors (Lipinski definition) is 1. The van der Waals surface area contributed by atoms with Crippen molar-refractivity contribution >= 4 is 21.7 Å². The average molecular weight is 523 g/mol. The lowest BCUT2D eigenvalue weighted by atomic mass is 9.86. The minimum absolute atomic E-state index is 0.113. The maximum atomic E-state index is 13.2. The van der Waals surface area contributed by atoms with Gasteiger partial charge in [0.05, 0.1) is 5.56 Å². The number of carbonyl (C=O) groups is 1. The Labute approximate surface area is 219 Å². The van der Waals surface area contributed by atoms with Gasteiger partial charge in [0.1, 0.15) is 11.6 Å². The van der Waals surface area contributed by atoms with Crippen LogP contribution in [-0.4, -0.2) is 36.4 Å². The van der Waals surface area contributed by atoms with E-state index in [-0.39, 0.29) is 27.4 Å². The zero-order valence-corrected chi connectivity index (χ0v) is 23.0. The van der Waals surface area contributed by atoms with Gasteiger partial charge in [-0.25, -0.2) is 9.71 Å². The van der Waals surface area contributed by atoms with Crippen molar-refractivity contribution in [1.82, 2.24) is 14.7 Å². The van der Waals surface area contributed by atoms with E-state index >= 15 is 0 Å². The van der Waals surface area contributed by atoms with Crippen molar-refractivity contribution in [2.24, 2.45) is 5.92 Å². The fraction of sp³-hybridized carbons (Fsp3) is 0.393. The van der Waals surface area contributed by atoms with Crippen molar-refractivity contribution < 1.29 is 17.9 Å². The third-order valence-electron chi connectivity index (χ3n) is 7.08. The molecule has 0 saturated carbocycles. The molecule has 1 unspecified atom stereocenters. The number of rotatable bonds is 6. The molecule has 3 aromatic rings. The van der Waals surface area contributed by atoms with Gasteiger partial charge in [-0.3, -0.25) is 4.79 Å². The first-order chi connectivity index (χ1) is 17.3. The summed E-state index contributed by atoms with van der Waals surface area (Å²) in [5.74, 6) is 0.799. The summed E-state index contributed by atoms with van der Waals surface area (Å²) in [4.78, 5) is 23.9. The molecule has 1 saturated heterocycles. The molecule has 0 aliphatic carbocycles. The molecule has 1 amide bonds. The minimum atomic E-state index is -4.28. The van der Waals surface area contributed by atoms with Crippen molar-refractivity contribution in [2.45, 2.75) is 63.9 Å². The molecule has 3 heterocycles. The van der Waals surface area contributed by atoms with Crippen LogP contribution >= 0.6 is 0 Å². The van der Waals surface area contributed by atoms with Crippen LogP contribution < -0.4 is 14.4 Å². The van der Waals surface area contributed by atoms with E-state index in [1.165, 1.54) is 12.1 Å². The molecule has 1 fully saturated rings. The largest absolute Gasteiger partial charge is 0.439 e. The molecule has 0 spiro atoms. The first-order valence-corrected chi connectivity index (χ1v) is 13.8. The highest BCUT2D eigenvalue weighted by atomic mass is 32.2. The summed E-state index contributed by atoms with van der Waals surface area (Å²) < 4.78 is 34.5. The number of ether oxygens (including phenoxy) is 1. The molecule has 9 heteroatoms. The van der Waals surface area contributed by atoms with Gasteiger partial charge >= 0.3 is 0 Å². The summed E-state index contributed by atoms with van der Waals surface area (Å²) in [5, 5.41) is -0.313. The zero-order valence-electron chi connectivity index (χ0n) is 22.1. The number of amides is 1. The molecule has 8 nitrogen and oxygen atoms in total. The molecular formula is C28H34N4O4S. The Kier molecular flexibility index (Phi) is 7.03. The van der Waals surface area contributed by atoms with Crippen LogP contribution in [-0.2, 0) is 15.4 Å². The van der Waals surface area contributed by atoms with Gasteiger partial charge in [0.2, 0.25) is 5.88 Å². The van der Waals surface area contributed by atoms with E-state index in [9.17, 15) is 13.2 Å². The number of nitrogens with one attached hydrogen (secondary N) is 1. The van der Waals surface area contributed by atoms with Crippen molar-refractivity contribution in [3.8, 4) is 11.6 Å². The summed E-state index contributed by atoms with van der Waals surface area (Å²) in [6.07, 6.45) is 2.56.